The van der Waals surface area contributed by atoms with Crippen LogP contribution in [0.4, 0.5) is 0 Å². The van der Waals surface area contributed by atoms with Gasteiger partial charge in [-0.3, -0.25) is 4.99 Å². The summed E-state index contributed by atoms with van der Waals surface area (Å²) in [5, 5.41) is 0. The minimum Gasteiger partial charge on any atom is -0.363 e. The number of rotatable bonds is 6. The summed E-state index contributed by atoms with van der Waals surface area (Å²) >= 11 is 0. The van der Waals surface area contributed by atoms with Gasteiger partial charge in [0.1, 0.15) is 0 Å². The molecule has 1 aliphatic rings. The lowest BCUT2D eigenvalue weighted by atomic mass is 10.00. The van der Waals surface area contributed by atoms with E-state index in [9.17, 15) is 0 Å². The summed E-state index contributed by atoms with van der Waals surface area (Å²) in [7, 11) is 0. The number of hydrogen-bond donors (Lipinski definition) is 1. The highest BCUT2D eigenvalue weighted by atomic mass is 15.2. The molecule has 1 heterocycles. The maximum absolute atomic E-state index is 6.10. The Morgan fingerprint density at radius 3 is 2.69 bits per heavy atom. The topological polar surface area (TPSA) is 41.6 Å². The SMILES string of the molecule is C=C(CCC)C(N)C(C)N=CN1CCCC1. The van der Waals surface area contributed by atoms with Crippen molar-refractivity contribution in [3.8, 4) is 0 Å². The fourth-order valence-corrected chi connectivity index (χ4v) is 1.98. The fraction of sp³-hybridized carbons (Fsp3) is 0.769. The third-order valence-electron chi connectivity index (χ3n) is 3.17. The molecular weight excluding hydrogens is 198 g/mol. The van der Waals surface area contributed by atoms with Gasteiger partial charge in [-0.15, -0.1) is 0 Å². The zero-order valence-electron chi connectivity index (χ0n) is 10.7. The van der Waals surface area contributed by atoms with Gasteiger partial charge in [-0.2, -0.15) is 0 Å². The first-order valence-electron chi connectivity index (χ1n) is 6.35. The van der Waals surface area contributed by atoms with E-state index in [2.05, 4.69) is 30.3 Å². The van der Waals surface area contributed by atoms with Crippen LogP contribution in [0.5, 0.6) is 0 Å². The molecule has 0 amide bonds. The number of nitrogens with zero attached hydrogens (tertiary/aromatic N) is 2. The molecule has 1 saturated heterocycles. The van der Waals surface area contributed by atoms with Gasteiger partial charge in [-0.1, -0.05) is 25.5 Å². The first-order valence-corrected chi connectivity index (χ1v) is 6.35. The molecule has 0 aromatic rings. The number of hydrogen-bond acceptors (Lipinski definition) is 2. The molecule has 0 aromatic carbocycles. The van der Waals surface area contributed by atoms with E-state index >= 15 is 0 Å². The Kier molecular flexibility index (Phi) is 5.53. The average molecular weight is 223 g/mol. The Bertz CT molecular complexity index is 242. The Hall–Kier alpha value is -0.830. The van der Waals surface area contributed by atoms with Gasteiger partial charge in [0.25, 0.3) is 0 Å². The van der Waals surface area contributed by atoms with Crippen molar-refractivity contribution >= 4 is 6.34 Å². The molecule has 2 unspecified atom stereocenters. The van der Waals surface area contributed by atoms with Crippen LogP contribution in [0.25, 0.3) is 0 Å². The zero-order valence-corrected chi connectivity index (χ0v) is 10.7. The molecule has 0 aromatic heterocycles. The first-order chi connectivity index (χ1) is 7.65. The highest BCUT2D eigenvalue weighted by Gasteiger charge is 2.14. The summed E-state index contributed by atoms with van der Waals surface area (Å²) in [6.45, 7) is 10.5. The average Bonchev–Trinajstić information content (AvgIpc) is 2.78. The minimum atomic E-state index is -0.00111. The molecule has 2 atom stereocenters. The van der Waals surface area contributed by atoms with Gasteiger partial charge in [0.2, 0.25) is 0 Å². The second-order valence-corrected chi connectivity index (χ2v) is 4.68. The van der Waals surface area contributed by atoms with Gasteiger partial charge in [-0.25, -0.2) is 0 Å². The van der Waals surface area contributed by atoms with Crippen molar-refractivity contribution in [2.24, 2.45) is 10.7 Å². The predicted octanol–water partition coefficient (Wildman–Crippen LogP) is 2.18. The maximum atomic E-state index is 6.10. The molecule has 1 rings (SSSR count). The number of nitrogens with two attached hydrogens (primary N) is 1. The zero-order chi connectivity index (χ0) is 12.0. The normalized spacial score (nSPS) is 20.3. The maximum Gasteiger partial charge on any atom is 0.0853 e. The van der Waals surface area contributed by atoms with Gasteiger partial charge < -0.3 is 10.6 Å². The molecule has 3 nitrogen and oxygen atoms in total. The molecule has 1 aliphatic heterocycles. The van der Waals surface area contributed by atoms with E-state index in [-0.39, 0.29) is 12.1 Å². The molecule has 0 radical (unpaired) electrons. The van der Waals surface area contributed by atoms with Crippen LogP contribution in [0, 0.1) is 0 Å². The molecule has 0 saturated carbocycles. The van der Waals surface area contributed by atoms with Crippen LogP contribution in [-0.2, 0) is 0 Å². The van der Waals surface area contributed by atoms with Gasteiger partial charge in [-0.05, 0) is 26.2 Å². The molecule has 1 fully saturated rings. The van der Waals surface area contributed by atoms with Gasteiger partial charge >= 0.3 is 0 Å². The summed E-state index contributed by atoms with van der Waals surface area (Å²) < 4.78 is 0. The third-order valence-corrected chi connectivity index (χ3v) is 3.17. The standard InChI is InChI=1S/C13H25N3/c1-4-7-11(2)13(14)12(3)15-10-16-8-5-6-9-16/h10,12-13H,2,4-9,14H2,1,3H3. The Labute approximate surface area is 99.4 Å². The minimum absolute atomic E-state index is 0.00111. The van der Waals surface area contributed by atoms with Gasteiger partial charge in [0, 0.05) is 19.1 Å². The largest absolute Gasteiger partial charge is 0.363 e. The van der Waals surface area contributed by atoms with Gasteiger partial charge in [0.15, 0.2) is 0 Å². The molecule has 3 heteroatoms. The lowest BCUT2D eigenvalue weighted by Crippen LogP contribution is -2.33. The molecular formula is C13H25N3. The van der Waals surface area contributed by atoms with Crippen LogP contribution in [0.3, 0.4) is 0 Å². The molecule has 92 valence electrons. The summed E-state index contributed by atoms with van der Waals surface area (Å²) in [4.78, 5) is 6.79. The number of likely N-dealkylation sites (tertiary alicyclic amines) is 1. The van der Waals surface area contributed by atoms with Crippen molar-refractivity contribution in [2.75, 3.05) is 13.1 Å². The van der Waals surface area contributed by atoms with Gasteiger partial charge in [0.05, 0.1) is 12.4 Å². The van der Waals surface area contributed by atoms with Crippen molar-refractivity contribution < 1.29 is 0 Å². The van der Waals surface area contributed by atoms with Crippen molar-refractivity contribution in [2.45, 2.75) is 51.6 Å². The second-order valence-electron chi connectivity index (χ2n) is 4.68. The van der Waals surface area contributed by atoms with E-state index in [0.29, 0.717) is 0 Å². The van der Waals surface area contributed by atoms with E-state index in [4.69, 9.17) is 5.73 Å². The summed E-state index contributed by atoms with van der Waals surface area (Å²) in [6.07, 6.45) is 6.65. The molecule has 2 N–H and O–H groups in total. The monoisotopic (exact) mass is 223 g/mol. The van der Waals surface area contributed by atoms with Crippen LogP contribution in [0.1, 0.15) is 39.5 Å². The molecule has 0 bridgehead atoms. The van der Waals surface area contributed by atoms with Crippen molar-refractivity contribution in [3.05, 3.63) is 12.2 Å². The lowest BCUT2D eigenvalue weighted by Gasteiger charge is -2.19. The van der Waals surface area contributed by atoms with E-state index < -0.39 is 0 Å². The second kappa shape index (κ2) is 6.69. The Morgan fingerprint density at radius 1 is 1.50 bits per heavy atom. The molecule has 0 spiro atoms. The van der Waals surface area contributed by atoms with Crippen LogP contribution < -0.4 is 5.73 Å². The van der Waals surface area contributed by atoms with E-state index in [1.54, 1.807) is 0 Å². The van der Waals surface area contributed by atoms with E-state index in [0.717, 1.165) is 31.5 Å². The third kappa shape index (κ3) is 3.97. The summed E-state index contributed by atoms with van der Waals surface area (Å²) in [5.41, 5.74) is 7.22. The quantitative estimate of drug-likeness (QED) is 0.426. The smallest absolute Gasteiger partial charge is 0.0853 e. The van der Waals surface area contributed by atoms with Crippen LogP contribution in [0.15, 0.2) is 17.1 Å². The van der Waals surface area contributed by atoms with Crippen molar-refractivity contribution in [3.63, 3.8) is 0 Å². The Balaban J connectivity index is 2.37. The van der Waals surface area contributed by atoms with Crippen molar-refractivity contribution in [1.29, 1.82) is 0 Å². The predicted molar refractivity (Wildman–Crippen MR) is 70.8 cm³/mol. The number of aliphatic imine (C=N–C) groups is 1. The lowest BCUT2D eigenvalue weighted by molar-refractivity contribution is 0.521. The van der Waals surface area contributed by atoms with Crippen molar-refractivity contribution in [1.82, 2.24) is 4.90 Å². The van der Waals surface area contributed by atoms with Crippen LogP contribution in [0.2, 0.25) is 0 Å². The first kappa shape index (κ1) is 13.2. The highest BCUT2D eigenvalue weighted by molar-refractivity contribution is 5.55. The molecule has 0 aliphatic carbocycles. The highest BCUT2D eigenvalue weighted by Crippen LogP contribution is 2.11. The fourth-order valence-electron chi connectivity index (χ4n) is 1.98. The van der Waals surface area contributed by atoms with E-state index in [1.165, 1.54) is 12.8 Å². The Morgan fingerprint density at radius 2 is 2.12 bits per heavy atom. The van der Waals surface area contributed by atoms with E-state index in [1.807, 2.05) is 6.34 Å². The van der Waals surface area contributed by atoms with Crippen LogP contribution in [-0.4, -0.2) is 36.4 Å². The summed E-state index contributed by atoms with van der Waals surface area (Å²) in [6, 6.07) is 0.137. The molecule has 16 heavy (non-hydrogen) atoms. The summed E-state index contributed by atoms with van der Waals surface area (Å²) in [5.74, 6) is 0. The van der Waals surface area contributed by atoms with Crippen LogP contribution >= 0.6 is 0 Å².